The number of pyridine rings is 1. The van der Waals surface area contributed by atoms with Crippen molar-refractivity contribution in [1.82, 2.24) is 29.7 Å². The van der Waals surface area contributed by atoms with Gasteiger partial charge >= 0.3 is 0 Å². The van der Waals surface area contributed by atoms with Crippen molar-refractivity contribution < 1.29 is 17.9 Å². The summed E-state index contributed by atoms with van der Waals surface area (Å²) in [5.41, 5.74) is 0.686. The molecule has 3 atom stereocenters. The van der Waals surface area contributed by atoms with Crippen LogP contribution in [0.1, 0.15) is 31.8 Å². The number of halogens is 1. The number of aromatic nitrogens is 6. The average molecular weight is 482 g/mol. The Balaban J connectivity index is 1.95. The van der Waals surface area contributed by atoms with E-state index in [0.29, 0.717) is 23.0 Å². The summed E-state index contributed by atoms with van der Waals surface area (Å²) in [6.07, 6.45) is 5.09. The maximum absolute atomic E-state index is 13.2. The Labute approximate surface area is 191 Å². The Bertz CT molecular complexity index is 1130. The van der Waals surface area contributed by atoms with Gasteiger partial charge in [0.2, 0.25) is 16.0 Å². The number of nitrogens with one attached hydrogen (secondary N) is 1. The second-order valence-electron chi connectivity index (χ2n) is 7.03. The molecule has 0 saturated heterocycles. The van der Waals surface area contributed by atoms with Gasteiger partial charge in [0.15, 0.2) is 11.6 Å². The lowest BCUT2D eigenvalue weighted by Crippen LogP contribution is -2.34. The SMILES string of the molecule is COC[C@@H](C)n1c(NS(=O)(=O)[C@@H](C)[C@H](OC)c2ncc(Cl)cn2)nnc1-c1cccnc1. The molecule has 32 heavy (non-hydrogen) atoms. The van der Waals surface area contributed by atoms with Gasteiger partial charge in [0.1, 0.15) is 11.4 Å². The molecule has 3 aromatic heterocycles. The van der Waals surface area contributed by atoms with E-state index in [2.05, 4.69) is 29.9 Å². The third-order valence-electron chi connectivity index (χ3n) is 4.76. The van der Waals surface area contributed by atoms with Crippen LogP contribution in [0.2, 0.25) is 5.02 Å². The first-order valence-corrected chi connectivity index (χ1v) is 11.6. The van der Waals surface area contributed by atoms with Gasteiger partial charge in [-0.15, -0.1) is 10.2 Å². The summed E-state index contributed by atoms with van der Waals surface area (Å²) in [6.45, 7) is 3.68. The maximum atomic E-state index is 13.2. The van der Waals surface area contributed by atoms with Crippen LogP contribution in [0.4, 0.5) is 5.95 Å². The highest BCUT2D eigenvalue weighted by Crippen LogP contribution is 2.28. The van der Waals surface area contributed by atoms with Crippen molar-refractivity contribution >= 4 is 27.6 Å². The second-order valence-corrected chi connectivity index (χ2v) is 9.51. The maximum Gasteiger partial charge on any atom is 0.240 e. The second kappa shape index (κ2) is 10.3. The van der Waals surface area contributed by atoms with E-state index in [1.54, 1.807) is 30.1 Å². The Kier molecular flexibility index (Phi) is 7.72. The molecule has 1 N–H and O–H groups in total. The van der Waals surface area contributed by atoms with Crippen LogP contribution in [-0.2, 0) is 19.5 Å². The molecule has 172 valence electrons. The Morgan fingerprint density at radius 2 is 1.88 bits per heavy atom. The van der Waals surface area contributed by atoms with Crippen molar-refractivity contribution in [2.45, 2.75) is 31.2 Å². The van der Waals surface area contributed by atoms with Gasteiger partial charge in [-0.2, -0.15) is 0 Å². The molecule has 0 unspecified atom stereocenters. The average Bonchev–Trinajstić information content (AvgIpc) is 3.19. The zero-order valence-electron chi connectivity index (χ0n) is 18.0. The summed E-state index contributed by atoms with van der Waals surface area (Å²) in [4.78, 5) is 12.3. The van der Waals surface area contributed by atoms with Gasteiger partial charge in [-0.05, 0) is 26.0 Å². The van der Waals surface area contributed by atoms with Gasteiger partial charge < -0.3 is 9.47 Å². The highest BCUT2D eigenvalue weighted by molar-refractivity contribution is 7.93. The van der Waals surface area contributed by atoms with Crippen molar-refractivity contribution in [1.29, 1.82) is 0 Å². The molecule has 13 heteroatoms. The number of methoxy groups -OCH3 is 2. The van der Waals surface area contributed by atoms with E-state index in [-0.39, 0.29) is 17.8 Å². The van der Waals surface area contributed by atoms with Crippen LogP contribution < -0.4 is 4.72 Å². The highest BCUT2D eigenvalue weighted by Gasteiger charge is 2.34. The van der Waals surface area contributed by atoms with Gasteiger partial charge in [-0.3, -0.25) is 14.3 Å². The molecule has 3 heterocycles. The molecule has 0 radical (unpaired) electrons. The van der Waals surface area contributed by atoms with E-state index in [9.17, 15) is 8.42 Å². The fourth-order valence-corrected chi connectivity index (χ4v) is 4.38. The first-order valence-electron chi connectivity index (χ1n) is 9.64. The molecule has 0 spiro atoms. The largest absolute Gasteiger partial charge is 0.383 e. The minimum absolute atomic E-state index is 0.0483. The molecule has 0 fully saturated rings. The number of rotatable bonds is 10. The molecule has 3 aromatic rings. The summed E-state index contributed by atoms with van der Waals surface area (Å²) in [7, 11) is -1.04. The van der Waals surface area contributed by atoms with Crippen molar-refractivity contribution in [3.05, 3.63) is 47.8 Å². The van der Waals surface area contributed by atoms with Crippen LogP contribution in [0.5, 0.6) is 0 Å². The Morgan fingerprint density at radius 3 is 2.47 bits per heavy atom. The first-order chi connectivity index (χ1) is 15.3. The summed E-state index contributed by atoms with van der Waals surface area (Å²) in [5.74, 6) is 0.699. The van der Waals surface area contributed by atoms with E-state index in [0.717, 1.165) is 0 Å². The molecule has 0 bridgehead atoms. The Morgan fingerprint density at radius 1 is 1.16 bits per heavy atom. The fraction of sp³-hybridized carbons (Fsp3) is 0.421. The lowest BCUT2D eigenvalue weighted by molar-refractivity contribution is 0.0950. The van der Waals surface area contributed by atoms with Crippen LogP contribution in [-0.4, -0.2) is 64.2 Å². The fourth-order valence-electron chi connectivity index (χ4n) is 3.15. The number of ether oxygens (including phenoxy) is 2. The third-order valence-corrected chi connectivity index (χ3v) is 6.65. The number of hydrogen-bond acceptors (Lipinski definition) is 9. The molecule has 0 amide bonds. The van der Waals surface area contributed by atoms with E-state index < -0.39 is 21.4 Å². The number of sulfonamides is 1. The van der Waals surface area contributed by atoms with E-state index in [1.165, 1.54) is 26.4 Å². The van der Waals surface area contributed by atoms with E-state index >= 15 is 0 Å². The van der Waals surface area contributed by atoms with Gasteiger partial charge in [0.05, 0.1) is 17.7 Å². The first kappa shape index (κ1) is 24.0. The molecule has 3 rings (SSSR count). The monoisotopic (exact) mass is 481 g/mol. The quantitative estimate of drug-likeness (QED) is 0.463. The van der Waals surface area contributed by atoms with Crippen LogP contribution in [0, 0.1) is 0 Å². The standard InChI is InChI=1S/C19H24ClN7O4S/c1-12(11-30-3)27-18(14-6-5-7-21-8-14)24-25-19(27)26-32(28,29)13(2)16(31-4)17-22-9-15(20)10-23-17/h5-10,12-13,16H,11H2,1-4H3,(H,25,26)/t12-,13+,16+/m1/s1. The van der Waals surface area contributed by atoms with Crippen LogP contribution >= 0.6 is 11.6 Å². The van der Waals surface area contributed by atoms with Crippen LogP contribution in [0.3, 0.4) is 0 Å². The molecule has 0 aromatic carbocycles. The van der Waals surface area contributed by atoms with Crippen LogP contribution in [0.25, 0.3) is 11.4 Å². The van der Waals surface area contributed by atoms with Crippen molar-refractivity contribution in [2.75, 3.05) is 25.5 Å². The zero-order valence-corrected chi connectivity index (χ0v) is 19.6. The topological polar surface area (TPSA) is 134 Å². The zero-order chi connectivity index (χ0) is 23.3. The summed E-state index contributed by atoms with van der Waals surface area (Å²) in [5, 5.41) is 7.55. The number of nitrogens with zero attached hydrogens (tertiary/aromatic N) is 6. The van der Waals surface area contributed by atoms with Gasteiger partial charge in [0, 0.05) is 44.6 Å². The molecule has 0 aliphatic heterocycles. The lowest BCUT2D eigenvalue weighted by atomic mass is 10.2. The predicted molar refractivity (Wildman–Crippen MR) is 119 cm³/mol. The summed E-state index contributed by atoms with van der Waals surface area (Å²) < 4.78 is 41.3. The Hall–Kier alpha value is -2.67. The minimum atomic E-state index is -3.99. The number of anilines is 1. The minimum Gasteiger partial charge on any atom is -0.383 e. The third kappa shape index (κ3) is 5.21. The summed E-state index contributed by atoms with van der Waals surface area (Å²) in [6, 6.07) is 3.31. The van der Waals surface area contributed by atoms with E-state index in [1.807, 2.05) is 13.0 Å². The molecule has 0 aliphatic carbocycles. The predicted octanol–water partition coefficient (Wildman–Crippen LogP) is 2.51. The van der Waals surface area contributed by atoms with Crippen molar-refractivity contribution in [2.24, 2.45) is 0 Å². The molecule has 11 nitrogen and oxygen atoms in total. The van der Waals surface area contributed by atoms with E-state index in [4.69, 9.17) is 21.1 Å². The van der Waals surface area contributed by atoms with Gasteiger partial charge in [-0.25, -0.2) is 18.4 Å². The molecular formula is C19H24ClN7O4S. The van der Waals surface area contributed by atoms with Gasteiger partial charge in [-0.1, -0.05) is 11.6 Å². The van der Waals surface area contributed by atoms with Crippen LogP contribution in [0.15, 0.2) is 36.9 Å². The lowest BCUT2D eigenvalue weighted by Gasteiger charge is -2.23. The molecule has 0 saturated carbocycles. The molecular weight excluding hydrogens is 458 g/mol. The molecule has 0 aliphatic rings. The number of hydrogen-bond donors (Lipinski definition) is 1. The highest BCUT2D eigenvalue weighted by atomic mass is 35.5. The van der Waals surface area contributed by atoms with Gasteiger partial charge in [0.25, 0.3) is 0 Å². The van der Waals surface area contributed by atoms with Crippen molar-refractivity contribution in [3.8, 4) is 11.4 Å². The van der Waals surface area contributed by atoms with Crippen molar-refractivity contribution in [3.63, 3.8) is 0 Å². The normalized spacial score (nSPS) is 14.7. The smallest absolute Gasteiger partial charge is 0.240 e. The summed E-state index contributed by atoms with van der Waals surface area (Å²) >= 11 is 5.83.